The fraction of sp³-hybridized carbons (Fsp3) is 0.227. The van der Waals surface area contributed by atoms with Crippen molar-refractivity contribution in [2.24, 2.45) is 0 Å². The van der Waals surface area contributed by atoms with Gasteiger partial charge in [0.15, 0.2) is 5.65 Å². The van der Waals surface area contributed by atoms with Crippen molar-refractivity contribution < 1.29 is 4.39 Å². The number of halogens is 1. The summed E-state index contributed by atoms with van der Waals surface area (Å²) in [5.74, 6) is 1.39. The molecule has 1 fully saturated rings. The third-order valence-corrected chi connectivity index (χ3v) is 5.31. The van der Waals surface area contributed by atoms with Gasteiger partial charge in [0.05, 0.1) is 5.69 Å². The van der Waals surface area contributed by atoms with Gasteiger partial charge in [0, 0.05) is 43.6 Å². The number of benzene rings is 1. The molecule has 0 bridgehead atoms. The molecule has 0 saturated carbocycles. The van der Waals surface area contributed by atoms with E-state index in [9.17, 15) is 4.39 Å². The van der Waals surface area contributed by atoms with E-state index < -0.39 is 0 Å². The second kappa shape index (κ2) is 7.25. The number of fused-ring (bicyclic) bond motifs is 1. The van der Waals surface area contributed by atoms with Crippen molar-refractivity contribution in [2.45, 2.75) is 13.0 Å². The Labute approximate surface area is 168 Å². The third kappa shape index (κ3) is 3.23. The highest BCUT2D eigenvalue weighted by atomic mass is 19.1. The van der Waals surface area contributed by atoms with E-state index in [4.69, 9.17) is 9.97 Å². The van der Waals surface area contributed by atoms with E-state index in [1.54, 1.807) is 24.5 Å². The molecule has 3 aromatic heterocycles. The first-order valence-corrected chi connectivity index (χ1v) is 9.74. The zero-order valence-corrected chi connectivity index (χ0v) is 16.1. The molecule has 0 radical (unpaired) electrons. The van der Waals surface area contributed by atoms with Crippen LogP contribution in [0.15, 0.2) is 60.9 Å². The summed E-state index contributed by atoms with van der Waals surface area (Å²) in [4.78, 5) is 16.3. The number of aromatic nitrogens is 4. The molecule has 6 nitrogen and oxygen atoms in total. The first-order valence-electron chi connectivity index (χ1n) is 9.74. The minimum atomic E-state index is -0.270. The summed E-state index contributed by atoms with van der Waals surface area (Å²) in [5, 5.41) is 3.41. The van der Waals surface area contributed by atoms with Gasteiger partial charge in [-0.05, 0) is 55.5 Å². The molecule has 1 aliphatic heterocycles. The summed E-state index contributed by atoms with van der Waals surface area (Å²) in [5.41, 5.74) is 3.32. The van der Waals surface area contributed by atoms with E-state index in [2.05, 4.69) is 22.1 Å². The van der Waals surface area contributed by atoms with Crippen molar-refractivity contribution in [1.29, 1.82) is 0 Å². The van der Waals surface area contributed by atoms with E-state index in [-0.39, 0.29) is 5.82 Å². The number of nitrogens with one attached hydrogen (secondary N) is 1. The lowest BCUT2D eigenvalue weighted by molar-refractivity contribution is 0.497. The molecule has 1 aromatic carbocycles. The maximum absolute atomic E-state index is 13.5. The molecular weight excluding hydrogens is 367 g/mol. The van der Waals surface area contributed by atoms with Crippen LogP contribution in [0.25, 0.3) is 28.2 Å². The Bertz CT molecular complexity index is 1140. The van der Waals surface area contributed by atoms with Crippen LogP contribution in [-0.2, 0) is 0 Å². The molecule has 1 saturated heterocycles. The van der Waals surface area contributed by atoms with Gasteiger partial charge < -0.3 is 10.2 Å². The molecular formula is C22H21FN6. The highest BCUT2D eigenvalue weighted by molar-refractivity contribution is 5.81. The highest BCUT2D eigenvalue weighted by Gasteiger charge is 2.22. The first kappa shape index (κ1) is 17.8. The topological polar surface area (TPSA) is 58.9 Å². The Morgan fingerprint density at radius 2 is 1.79 bits per heavy atom. The van der Waals surface area contributed by atoms with Crippen LogP contribution < -0.4 is 10.2 Å². The second-order valence-electron chi connectivity index (χ2n) is 7.24. The van der Waals surface area contributed by atoms with E-state index in [1.807, 2.05) is 28.8 Å². The van der Waals surface area contributed by atoms with Crippen molar-refractivity contribution in [3.8, 4) is 17.1 Å². The predicted octanol–water partition coefficient (Wildman–Crippen LogP) is 3.42. The molecule has 0 aliphatic carbocycles. The number of rotatable bonds is 3. The molecule has 1 aliphatic rings. The van der Waals surface area contributed by atoms with E-state index >= 15 is 0 Å². The van der Waals surface area contributed by atoms with E-state index in [1.165, 1.54) is 12.1 Å². The molecule has 1 atom stereocenters. The van der Waals surface area contributed by atoms with Crippen LogP contribution in [-0.4, -0.2) is 45.2 Å². The summed E-state index contributed by atoms with van der Waals surface area (Å²) < 4.78 is 15.5. The quantitative estimate of drug-likeness (QED) is 0.583. The molecule has 1 N–H and O–H groups in total. The number of pyridine rings is 2. The van der Waals surface area contributed by atoms with Crippen LogP contribution in [0.3, 0.4) is 0 Å². The van der Waals surface area contributed by atoms with E-state index in [0.717, 1.165) is 53.7 Å². The van der Waals surface area contributed by atoms with Gasteiger partial charge in [-0.25, -0.2) is 14.4 Å². The molecule has 4 aromatic rings. The van der Waals surface area contributed by atoms with Gasteiger partial charge >= 0.3 is 0 Å². The third-order valence-electron chi connectivity index (χ3n) is 5.31. The van der Waals surface area contributed by atoms with Crippen LogP contribution in [0.5, 0.6) is 0 Å². The van der Waals surface area contributed by atoms with Gasteiger partial charge in [-0.3, -0.25) is 9.55 Å². The Balaban J connectivity index is 1.71. The standard InChI is InChI=1S/C22H21FN6/c1-15-14-25-12-13-28(15)20-7-6-19-22(27-20)29(18-8-10-24-11-9-18)21(26-19)16-2-4-17(23)5-3-16/h2-11,15,25H,12-14H2,1H3/t15-/m1/s1. The van der Waals surface area contributed by atoms with Crippen molar-refractivity contribution >= 4 is 17.0 Å². The minimum Gasteiger partial charge on any atom is -0.351 e. The number of hydrogen-bond acceptors (Lipinski definition) is 5. The fourth-order valence-electron chi connectivity index (χ4n) is 3.82. The number of hydrogen-bond donors (Lipinski definition) is 1. The largest absolute Gasteiger partial charge is 0.351 e. The van der Waals surface area contributed by atoms with Crippen LogP contribution >= 0.6 is 0 Å². The Morgan fingerprint density at radius 1 is 1.00 bits per heavy atom. The maximum Gasteiger partial charge on any atom is 0.167 e. The first-order chi connectivity index (χ1) is 14.2. The summed E-state index contributed by atoms with van der Waals surface area (Å²) in [6, 6.07) is 14.6. The number of anilines is 1. The van der Waals surface area contributed by atoms with Gasteiger partial charge in [-0.1, -0.05) is 0 Å². The van der Waals surface area contributed by atoms with Gasteiger partial charge in [-0.2, -0.15) is 0 Å². The second-order valence-corrected chi connectivity index (χ2v) is 7.24. The molecule has 0 amide bonds. The van der Waals surface area contributed by atoms with E-state index in [0.29, 0.717) is 6.04 Å². The average Bonchev–Trinajstić information content (AvgIpc) is 3.14. The molecule has 4 heterocycles. The number of piperazine rings is 1. The molecule has 0 unspecified atom stereocenters. The van der Waals surface area contributed by atoms with Crippen LogP contribution in [0, 0.1) is 5.82 Å². The molecule has 7 heteroatoms. The zero-order valence-electron chi connectivity index (χ0n) is 16.1. The smallest absolute Gasteiger partial charge is 0.167 e. The summed E-state index contributed by atoms with van der Waals surface area (Å²) >= 11 is 0. The van der Waals surface area contributed by atoms with Crippen molar-refractivity contribution in [1.82, 2.24) is 24.8 Å². The SMILES string of the molecule is C[C@@H]1CNCCN1c1ccc2nc(-c3ccc(F)cc3)n(-c3ccncc3)c2n1. The average molecular weight is 388 g/mol. The molecule has 0 spiro atoms. The fourth-order valence-corrected chi connectivity index (χ4v) is 3.82. The van der Waals surface area contributed by atoms with Crippen LogP contribution in [0.2, 0.25) is 0 Å². The maximum atomic E-state index is 13.5. The predicted molar refractivity (Wildman–Crippen MR) is 112 cm³/mol. The molecule has 146 valence electrons. The molecule has 29 heavy (non-hydrogen) atoms. The minimum absolute atomic E-state index is 0.270. The van der Waals surface area contributed by atoms with Gasteiger partial charge in [0.25, 0.3) is 0 Å². The zero-order chi connectivity index (χ0) is 19.8. The Kier molecular flexibility index (Phi) is 4.44. The van der Waals surface area contributed by atoms with Gasteiger partial charge in [0.1, 0.15) is 23.0 Å². The monoisotopic (exact) mass is 388 g/mol. The van der Waals surface area contributed by atoms with Crippen molar-refractivity contribution in [3.63, 3.8) is 0 Å². The number of nitrogens with zero attached hydrogens (tertiary/aromatic N) is 5. The summed E-state index contributed by atoms with van der Waals surface area (Å²) in [7, 11) is 0. The van der Waals surface area contributed by atoms with Crippen molar-refractivity contribution in [2.75, 3.05) is 24.5 Å². The van der Waals surface area contributed by atoms with Gasteiger partial charge in [-0.15, -0.1) is 0 Å². The lowest BCUT2D eigenvalue weighted by Crippen LogP contribution is -2.50. The summed E-state index contributed by atoms with van der Waals surface area (Å²) in [6.07, 6.45) is 3.50. The lowest BCUT2D eigenvalue weighted by atomic mass is 10.2. The number of imidazole rings is 1. The molecule has 5 rings (SSSR count). The van der Waals surface area contributed by atoms with Crippen LogP contribution in [0.1, 0.15) is 6.92 Å². The van der Waals surface area contributed by atoms with Crippen molar-refractivity contribution in [3.05, 3.63) is 66.7 Å². The van der Waals surface area contributed by atoms with Crippen LogP contribution in [0.4, 0.5) is 10.2 Å². The highest BCUT2D eigenvalue weighted by Crippen LogP contribution is 2.29. The Hall–Kier alpha value is -3.32. The summed E-state index contributed by atoms with van der Waals surface area (Å²) in [6.45, 7) is 4.98. The van der Waals surface area contributed by atoms with Gasteiger partial charge in [0.2, 0.25) is 0 Å². The Morgan fingerprint density at radius 3 is 2.55 bits per heavy atom. The lowest BCUT2D eigenvalue weighted by Gasteiger charge is -2.34. The normalized spacial score (nSPS) is 17.0.